The molecule has 16 heavy (non-hydrogen) atoms. The Morgan fingerprint density at radius 2 is 1.88 bits per heavy atom. The van der Waals surface area contributed by atoms with E-state index in [9.17, 15) is 13.2 Å². The summed E-state index contributed by atoms with van der Waals surface area (Å²) in [6.07, 6.45) is -1.46. The van der Waals surface area contributed by atoms with Gasteiger partial charge < -0.3 is 0 Å². The van der Waals surface area contributed by atoms with Gasteiger partial charge in [0.15, 0.2) is 0 Å². The molecule has 0 atom stereocenters. The molecule has 1 heterocycles. The molecule has 1 aromatic carbocycles. The molecule has 2 aromatic rings. The van der Waals surface area contributed by atoms with Crippen LogP contribution in [0.15, 0.2) is 30.6 Å². The lowest BCUT2D eigenvalue weighted by Gasteiger charge is -2.08. The van der Waals surface area contributed by atoms with Crippen molar-refractivity contribution in [2.45, 2.75) is 6.18 Å². The van der Waals surface area contributed by atoms with Gasteiger partial charge in [-0.1, -0.05) is 11.6 Å². The van der Waals surface area contributed by atoms with E-state index in [1.807, 2.05) is 0 Å². The van der Waals surface area contributed by atoms with Gasteiger partial charge in [-0.25, -0.2) is 0 Å². The molecule has 0 aliphatic rings. The molecule has 0 saturated carbocycles. The summed E-state index contributed by atoms with van der Waals surface area (Å²) in [4.78, 5) is 0. The number of benzene rings is 1. The fourth-order valence-corrected chi connectivity index (χ4v) is 1.56. The first-order chi connectivity index (χ1) is 7.47. The molecular formula is C10H6ClF3N2. The van der Waals surface area contributed by atoms with Crippen LogP contribution in [-0.2, 0) is 6.18 Å². The highest BCUT2D eigenvalue weighted by molar-refractivity contribution is 6.31. The second-order valence-corrected chi connectivity index (χ2v) is 3.65. The molecule has 0 spiro atoms. The predicted octanol–water partition coefficient (Wildman–Crippen LogP) is 3.75. The van der Waals surface area contributed by atoms with Gasteiger partial charge in [-0.15, -0.1) is 0 Å². The number of halogens is 4. The zero-order valence-corrected chi connectivity index (χ0v) is 8.60. The highest BCUT2D eigenvalue weighted by atomic mass is 35.5. The number of hydrogen-bond acceptors (Lipinski definition) is 1. The predicted molar refractivity (Wildman–Crippen MR) is 54.0 cm³/mol. The van der Waals surface area contributed by atoms with E-state index in [1.54, 1.807) is 0 Å². The van der Waals surface area contributed by atoms with Crippen LogP contribution in [0.3, 0.4) is 0 Å². The fraction of sp³-hybridized carbons (Fsp3) is 0.100. The van der Waals surface area contributed by atoms with Crippen LogP contribution >= 0.6 is 11.6 Å². The van der Waals surface area contributed by atoms with E-state index >= 15 is 0 Å². The van der Waals surface area contributed by atoms with Gasteiger partial charge in [0.25, 0.3) is 0 Å². The Bertz CT molecular complexity index is 491. The molecule has 0 saturated heterocycles. The number of rotatable bonds is 1. The quantitative estimate of drug-likeness (QED) is 0.816. The van der Waals surface area contributed by atoms with Gasteiger partial charge in [0, 0.05) is 16.8 Å². The van der Waals surface area contributed by atoms with Crippen molar-refractivity contribution in [2.24, 2.45) is 0 Å². The summed E-state index contributed by atoms with van der Waals surface area (Å²) in [5, 5.41) is 6.25. The Kier molecular flexibility index (Phi) is 2.63. The van der Waals surface area contributed by atoms with Crippen LogP contribution in [0.4, 0.5) is 13.2 Å². The molecule has 1 N–H and O–H groups in total. The van der Waals surface area contributed by atoms with E-state index in [1.165, 1.54) is 18.5 Å². The first-order valence-electron chi connectivity index (χ1n) is 4.34. The van der Waals surface area contributed by atoms with Crippen molar-refractivity contribution < 1.29 is 13.2 Å². The van der Waals surface area contributed by atoms with Crippen molar-refractivity contribution in [3.05, 3.63) is 41.2 Å². The summed E-state index contributed by atoms with van der Waals surface area (Å²) in [7, 11) is 0. The van der Waals surface area contributed by atoms with Gasteiger partial charge in [0.05, 0.1) is 11.8 Å². The first-order valence-corrected chi connectivity index (χ1v) is 4.71. The average Bonchev–Trinajstić information content (AvgIpc) is 2.68. The Morgan fingerprint density at radius 3 is 2.44 bits per heavy atom. The van der Waals surface area contributed by atoms with Crippen LogP contribution in [0, 0.1) is 0 Å². The maximum absolute atomic E-state index is 12.5. The minimum Gasteiger partial charge on any atom is -0.285 e. The SMILES string of the molecule is FC(F)(F)c1cc(Cl)cc(-c2cn[nH]c2)c1. The number of hydrogen-bond donors (Lipinski definition) is 1. The van der Waals surface area contributed by atoms with Crippen LogP contribution in [0.2, 0.25) is 5.02 Å². The Hall–Kier alpha value is -1.49. The van der Waals surface area contributed by atoms with Gasteiger partial charge in [0.2, 0.25) is 0 Å². The van der Waals surface area contributed by atoms with Crippen LogP contribution in [0.1, 0.15) is 5.56 Å². The van der Waals surface area contributed by atoms with Crippen molar-refractivity contribution in [3.8, 4) is 11.1 Å². The van der Waals surface area contributed by atoms with Crippen LogP contribution in [0.25, 0.3) is 11.1 Å². The third kappa shape index (κ3) is 2.19. The lowest BCUT2D eigenvalue weighted by atomic mass is 10.1. The van der Waals surface area contributed by atoms with E-state index in [0.717, 1.165) is 12.1 Å². The maximum Gasteiger partial charge on any atom is 0.416 e. The summed E-state index contributed by atoms with van der Waals surface area (Å²) < 4.78 is 37.5. The van der Waals surface area contributed by atoms with Gasteiger partial charge in [-0.3, -0.25) is 5.10 Å². The zero-order valence-electron chi connectivity index (χ0n) is 7.85. The van der Waals surface area contributed by atoms with E-state index in [4.69, 9.17) is 11.6 Å². The molecule has 6 heteroatoms. The summed E-state index contributed by atoms with van der Waals surface area (Å²) >= 11 is 5.64. The second kappa shape index (κ2) is 3.83. The molecule has 84 valence electrons. The number of alkyl halides is 3. The Labute approximate surface area is 94.1 Å². The summed E-state index contributed by atoms with van der Waals surface area (Å²) in [6.45, 7) is 0. The van der Waals surface area contributed by atoms with Gasteiger partial charge in [0.1, 0.15) is 0 Å². The first kappa shape index (κ1) is 11.0. The molecule has 0 radical (unpaired) electrons. The molecular weight excluding hydrogens is 241 g/mol. The zero-order chi connectivity index (χ0) is 11.8. The minimum absolute atomic E-state index is 0.0472. The number of aromatic nitrogens is 2. The molecule has 0 bridgehead atoms. The molecule has 0 amide bonds. The summed E-state index contributed by atoms with van der Waals surface area (Å²) in [5.74, 6) is 0. The summed E-state index contributed by atoms with van der Waals surface area (Å²) in [5.41, 5.74) is 0.178. The smallest absolute Gasteiger partial charge is 0.285 e. The van der Waals surface area contributed by atoms with E-state index in [2.05, 4.69) is 10.2 Å². The number of nitrogens with zero attached hydrogens (tertiary/aromatic N) is 1. The Morgan fingerprint density at radius 1 is 1.12 bits per heavy atom. The largest absolute Gasteiger partial charge is 0.416 e. The lowest BCUT2D eigenvalue weighted by molar-refractivity contribution is -0.137. The normalized spacial score (nSPS) is 11.8. The lowest BCUT2D eigenvalue weighted by Crippen LogP contribution is -2.04. The van der Waals surface area contributed by atoms with Crippen LogP contribution in [0.5, 0.6) is 0 Å². The molecule has 0 aliphatic heterocycles. The molecule has 2 rings (SSSR count). The van der Waals surface area contributed by atoms with Crippen LogP contribution in [-0.4, -0.2) is 10.2 Å². The standard InChI is InChI=1S/C10H6ClF3N2/c11-9-2-6(7-4-15-16-5-7)1-8(3-9)10(12,13)14/h1-5H,(H,15,16). The molecule has 0 fully saturated rings. The van der Waals surface area contributed by atoms with Crippen molar-refractivity contribution in [1.29, 1.82) is 0 Å². The average molecular weight is 247 g/mol. The maximum atomic E-state index is 12.5. The van der Waals surface area contributed by atoms with Crippen molar-refractivity contribution >= 4 is 11.6 Å². The van der Waals surface area contributed by atoms with Crippen molar-refractivity contribution in [3.63, 3.8) is 0 Å². The molecule has 1 aromatic heterocycles. The molecule has 2 nitrogen and oxygen atoms in total. The third-order valence-corrected chi connectivity index (χ3v) is 2.27. The number of nitrogens with one attached hydrogen (secondary N) is 1. The third-order valence-electron chi connectivity index (χ3n) is 2.06. The Balaban J connectivity index is 2.53. The topological polar surface area (TPSA) is 28.7 Å². The molecule has 0 aliphatic carbocycles. The highest BCUT2D eigenvalue weighted by Crippen LogP contribution is 2.34. The van der Waals surface area contributed by atoms with E-state index < -0.39 is 11.7 Å². The van der Waals surface area contributed by atoms with Crippen LogP contribution < -0.4 is 0 Å². The fourth-order valence-electron chi connectivity index (χ4n) is 1.33. The monoisotopic (exact) mass is 246 g/mol. The van der Waals surface area contributed by atoms with E-state index in [0.29, 0.717) is 11.1 Å². The van der Waals surface area contributed by atoms with Crippen molar-refractivity contribution in [1.82, 2.24) is 10.2 Å². The number of H-pyrrole nitrogens is 1. The van der Waals surface area contributed by atoms with E-state index in [-0.39, 0.29) is 5.02 Å². The van der Waals surface area contributed by atoms with Crippen molar-refractivity contribution in [2.75, 3.05) is 0 Å². The van der Waals surface area contributed by atoms with Gasteiger partial charge in [-0.2, -0.15) is 18.3 Å². The van der Waals surface area contributed by atoms with Gasteiger partial charge in [-0.05, 0) is 23.8 Å². The highest BCUT2D eigenvalue weighted by Gasteiger charge is 2.31. The van der Waals surface area contributed by atoms with Gasteiger partial charge >= 0.3 is 6.18 Å². The number of aromatic amines is 1. The second-order valence-electron chi connectivity index (χ2n) is 3.21. The minimum atomic E-state index is -4.40. The summed E-state index contributed by atoms with van der Waals surface area (Å²) in [6, 6.07) is 3.39. The molecule has 0 unspecified atom stereocenters.